The fourth-order valence-corrected chi connectivity index (χ4v) is 5.64. The Labute approximate surface area is 227 Å². The molecule has 0 radical (unpaired) electrons. The van der Waals surface area contributed by atoms with Gasteiger partial charge in [-0.15, -0.1) is 0 Å². The van der Waals surface area contributed by atoms with Crippen LogP contribution in [0.4, 0.5) is 5.69 Å². The van der Waals surface area contributed by atoms with Gasteiger partial charge in [-0.05, 0) is 61.6 Å². The van der Waals surface area contributed by atoms with Gasteiger partial charge in [0.2, 0.25) is 0 Å². The Bertz CT molecular complexity index is 999. The van der Waals surface area contributed by atoms with Crippen molar-refractivity contribution in [2.24, 2.45) is 0 Å². The van der Waals surface area contributed by atoms with E-state index in [1.165, 1.54) is 5.56 Å². The van der Waals surface area contributed by atoms with Crippen molar-refractivity contribution in [1.82, 2.24) is 5.32 Å². The number of rotatable bonds is 13. The monoisotopic (exact) mass is 528 g/mol. The van der Waals surface area contributed by atoms with Crippen LogP contribution in [-0.2, 0) is 20.8 Å². The molecule has 1 fully saturated rings. The Morgan fingerprint density at radius 2 is 1.92 bits per heavy atom. The van der Waals surface area contributed by atoms with Gasteiger partial charge in [0.1, 0.15) is 18.1 Å². The van der Waals surface area contributed by atoms with Gasteiger partial charge in [-0.3, -0.25) is 0 Å². The first-order valence-corrected chi connectivity index (χ1v) is 13.6. The molecule has 1 saturated heterocycles. The predicted molar refractivity (Wildman–Crippen MR) is 148 cm³/mol. The summed E-state index contributed by atoms with van der Waals surface area (Å²) in [5.41, 5.74) is 2.59. The average Bonchev–Trinajstić information content (AvgIpc) is 2.92. The zero-order valence-electron chi connectivity index (χ0n) is 23.3. The molecule has 0 spiro atoms. The van der Waals surface area contributed by atoms with Crippen LogP contribution >= 0.6 is 0 Å². The molecule has 38 heavy (non-hydrogen) atoms. The number of methoxy groups -OCH3 is 3. The maximum absolute atomic E-state index is 10.8. The number of hydrogen-bond donors (Lipinski definition) is 2. The van der Waals surface area contributed by atoms with Gasteiger partial charge in [-0.2, -0.15) is 0 Å². The second-order valence-corrected chi connectivity index (χ2v) is 10.7. The molecule has 210 valence electrons. The van der Waals surface area contributed by atoms with Gasteiger partial charge in [0.25, 0.3) is 0 Å². The molecule has 8 nitrogen and oxygen atoms in total. The number of aliphatic hydroxyl groups is 1. The lowest BCUT2D eigenvalue weighted by Crippen LogP contribution is -2.50. The van der Waals surface area contributed by atoms with Gasteiger partial charge < -0.3 is 39.0 Å². The molecule has 4 atom stereocenters. The molecular weight excluding hydrogens is 484 g/mol. The zero-order chi connectivity index (χ0) is 27.0. The number of anilines is 1. The first-order chi connectivity index (χ1) is 18.4. The maximum Gasteiger partial charge on any atom is 0.142 e. The summed E-state index contributed by atoms with van der Waals surface area (Å²) in [5, 5.41) is 14.4. The third-order valence-corrected chi connectivity index (χ3v) is 7.50. The van der Waals surface area contributed by atoms with Gasteiger partial charge in [0, 0.05) is 45.9 Å². The Hall–Kier alpha value is -2.36. The second-order valence-electron chi connectivity index (χ2n) is 10.7. The number of benzene rings is 2. The Balaban J connectivity index is 1.46. The lowest BCUT2D eigenvalue weighted by Gasteiger charge is -2.39. The normalized spacial score (nSPS) is 22.9. The molecule has 2 aromatic rings. The third kappa shape index (κ3) is 7.61. The van der Waals surface area contributed by atoms with E-state index in [2.05, 4.69) is 40.5 Å². The summed E-state index contributed by atoms with van der Waals surface area (Å²) in [6.07, 6.45) is 2.45. The maximum atomic E-state index is 10.8. The van der Waals surface area contributed by atoms with E-state index in [1.54, 1.807) is 21.3 Å². The van der Waals surface area contributed by atoms with Crippen molar-refractivity contribution in [2.45, 2.75) is 56.5 Å². The molecule has 8 heteroatoms. The molecule has 0 bridgehead atoms. The molecule has 0 aliphatic carbocycles. The molecule has 0 amide bonds. The molecule has 2 aliphatic rings. The number of ether oxygens (including phenoxy) is 5. The van der Waals surface area contributed by atoms with E-state index >= 15 is 0 Å². The molecular formula is C30H44N2O6. The quantitative estimate of drug-likeness (QED) is 0.381. The molecule has 0 saturated carbocycles. The van der Waals surface area contributed by atoms with Crippen molar-refractivity contribution in [3.8, 4) is 11.5 Å². The van der Waals surface area contributed by atoms with Crippen molar-refractivity contribution in [2.75, 3.05) is 65.7 Å². The summed E-state index contributed by atoms with van der Waals surface area (Å²) in [6.45, 7) is 6.64. The number of fused-ring (bicyclic) bond motifs is 1. The van der Waals surface area contributed by atoms with Crippen LogP contribution in [0.2, 0.25) is 0 Å². The van der Waals surface area contributed by atoms with Crippen LogP contribution in [0, 0.1) is 0 Å². The van der Waals surface area contributed by atoms with Crippen molar-refractivity contribution in [1.29, 1.82) is 0 Å². The summed E-state index contributed by atoms with van der Waals surface area (Å²) in [7, 11) is 5.05. The standard InChI is InChI=1S/C30H44N2O6/c1-30(33,21-35-3)18-24-17-26(23-7-9-25(36-4)10-8-23)29(19-31-24)38-20-22-6-11-28-27(16-22)32(13-15-37-28)12-5-14-34-2/h6-11,16,24,26,29,31,33H,5,12-15,17-21H2,1-4H3/t24-,26-,29+,30?/m1/s1. The average molecular weight is 529 g/mol. The Kier molecular flexibility index (Phi) is 10.3. The summed E-state index contributed by atoms with van der Waals surface area (Å²) >= 11 is 0. The predicted octanol–water partition coefficient (Wildman–Crippen LogP) is 3.75. The summed E-state index contributed by atoms with van der Waals surface area (Å²) in [4.78, 5) is 2.38. The van der Waals surface area contributed by atoms with Gasteiger partial charge in [0.15, 0.2) is 0 Å². The van der Waals surface area contributed by atoms with E-state index in [9.17, 15) is 5.11 Å². The van der Waals surface area contributed by atoms with Crippen molar-refractivity contribution in [3.63, 3.8) is 0 Å². The second kappa shape index (κ2) is 13.6. The first kappa shape index (κ1) is 28.6. The van der Waals surface area contributed by atoms with Crippen LogP contribution in [0.25, 0.3) is 0 Å². The largest absolute Gasteiger partial charge is 0.497 e. The highest BCUT2D eigenvalue weighted by molar-refractivity contribution is 5.61. The highest BCUT2D eigenvalue weighted by atomic mass is 16.5. The lowest BCUT2D eigenvalue weighted by atomic mass is 9.81. The number of hydrogen-bond acceptors (Lipinski definition) is 8. The first-order valence-electron chi connectivity index (χ1n) is 13.6. The van der Waals surface area contributed by atoms with E-state index in [4.69, 9.17) is 23.7 Å². The highest BCUT2D eigenvalue weighted by Gasteiger charge is 2.35. The smallest absolute Gasteiger partial charge is 0.142 e. The topological polar surface area (TPSA) is 81.7 Å². The van der Waals surface area contributed by atoms with Crippen LogP contribution in [0.1, 0.15) is 43.2 Å². The van der Waals surface area contributed by atoms with E-state index in [0.29, 0.717) is 32.8 Å². The summed E-state index contributed by atoms with van der Waals surface area (Å²) in [6, 6.07) is 14.8. The van der Waals surface area contributed by atoms with Crippen LogP contribution in [0.3, 0.4) is 0 Å². The lowest BCUT2D eigenvalue weighted by molar-refractivity contribution is -0.0423. The minimum Gasteiger partial charge on any atom is -0.497 e. The van der Waals surface area contributed by atoms with Crippen LogP contribution in [0.15, 0.2) is 42.5 Å². The van der Waals surface area contributed by atoms with E-state index in [0.717, 1.165) is 55.3 Å². The highest BCUT2D eigenvalue weighted by Crippen LogP contribution is 2.36. The number of nitrogens with zero attached hydrogens (tertiary/aromatic N) is 1. The number of nitrogens with one attached hydrogen (secondary N) is 1. The molecule has 2 N–H and O–H groups in total. The summed E-state index contributed by atoms with van der Waals surface area (Å²) < 4.78 is 28.3. The third-order valence-electron chi connectivity index (χ3n) is 7.50. The van der Waals surface area contributed by atoms with E-state index in [-0.39, 0.29) is 18.1 Å². The molecule has 2 aliphatic heterocycles. The van der Waals surface area contributed by atoms with Crippen LogP contribution in [0.5, 0.6) is 11.5 Å². The molecule has 4 rings (SSSR count). The summed E-state index contributed by atoms with van der Waals surface area (Å²) in [5.74, 6) is 1.96. The van der Waals surface area contributed by atoms with E-state index in [1.807, 2.05) is 19.1 Å². The Morgan fingerprint density at radius 3 is 2.66 bits per heavy atom. The van der Waals surface area contributed by atoms with Gasteiger partial charge >= 0.3 is 0 Å². The molecule has 1 unspecified atom stereocenters. The minimum absolute atomic E-state index is 0.00268. The van der Waals surface area contributed by atoms with Gasteiger partial charge in [-0.1, -0.05) is 18.2 Å². The van der Waals surface area contributed by atoms with Crippen molar-refractivity contribution < 1.29 is 28.8 Å². The Morgan fingerprint density at radius 1 is 1.11 bits per heavy atom. The number of piperidine rings is 1. The SMILES string of the molecule is COCCCN1CCOc2ccc(CO[C@H]3CN[C@@H](CC(C)(O)COC)C[C@@H]3c3ccc(OC)cc3)cc21. The zero-order valence-corrected chi connectivity index (χ0v) is 23.3. The van der Waals surface area contributed by atoms with Gasteiger partial charge in [-0.25, -0.2) is 0 Å². The fourth-order valence-electron chi connectivity index (χ4n) is 5.64. The molecule has 0 aromatic heterocycles. The van der Waals surface area contributed by atoms with Crippen molar-refractivity contribution in [3.05, 3.63) is 53.6 Å². The van der Waals surface area contributed by atoms with E-state index < -0.39 is 5.60 Å². The fraction of sp³-hybridized carbons (Fsp3) is 0.600. The van der Waals surface area contributed by atoms with Crippen LogP contribution in [-0.4, -0.2) is 83.6 Å². The van der Waals surface area contributed by atoms with Crippen LogP contribution < -0.4 is 19.7 Å². The molecule has 2 aromatic carbocycles. The van der Waals surface area contributed by atoms with Gasteiger partial charge in [0.05, 0.1) is 44.3 Å². The minimum atomic E-state index is -0.884. The van der Waals surface area contributed by atoms with Crippen molar-refractivity contribution >= 4 is 5.69 Å². The molecule has 2 heterocycles.